The lowest BCUT2D eigenvalue weighted by Crippen LogP contribution is -2.42. The van der Waals surface area contributed by atoms with Crippen LogP contribution in [0, 0.1) is 0 Å². The lowest BCUT2D eigenvalue weighted by molar-refractivity contribution is -0.148. The van der Waals surface area contributed by atoms with Gasteiger partial charge in [-0.2, -0.15) is 0 Å². The molecule has 1 amide bonds. The molecule has 0 bridgehead atoms. The predicted molar refractivity (Wildman–Crippen MR) is 56.6 cm³/mol. The Morgan fingerprint density at radius 3 is 2.69 bits per heavy atom. The minimum absolute atomic E-state index is 0.0895. The Balaban J connectivity index is 2.63. The molecular weight excluding hydrogens is 212 g/mol. The average Bonchev–Trinajstić information content (AvgIpc) is 2.60. The number of β-amino-alcohol motifs (C(OH)–C–C–N with tert-alkyl or cyclic N) is 1. The van der Waals surface area contributed by atoms with Crippen molar-refractivity contribution in [2.24, 2.45) is 5.73 Å². The van der Waals surface area contributed by atoms with Gasteiger partial charge in [-0.25, -0.2) is 4.79 Å². The van der Waals surface area contributed by atoms with E-state index in [1.807, 2.05) is 6.92 Å². The van der Waals surface area contributed by atoms with Gasteiger partial charge in [-0.1, -0.05) is 6.92 Å². The van der Waals surface area contributed by atoms with Gasteiger partial charge in [-0.05, 0) is 6.42 Å². The van der Waals surface area contributed by atoms with E-state index in [1.54, 1.807) is 0 Å². The number of carboxylic acids is 1. The third-order valence-electron chi connectivity index (χ3n) is 2.85. The number of aliphatic hydroxyl groups is 1. The van der Waals surface area contributed by atoms with Gasteiger partial charge in [0.2, 0.25) is 5.91 Å². The Hall–Kier alpha value is -1.14. The molecule has 6 nitrogen and oxygen atoms in total. The highest BCUT2D eigenvalue weighted by Gasteiger charge is 2.38. The topological polar surface area (TPSA) is 104 Å². The Labute approximate surface area is 94.0 Å². The maximum atomic E-state index is 11.7. The number of hydrogen-bond donors (Lipinski definition) is 3. The van der Waals surface area contributed by atoms with Crippen LogP contribution in [0.25, 0.3) is 0 Å². The molecule has 16 heavy (non-hydrogen) atoms. The molecule has 1 aliphatic rings. The Morgan fingerprint density at radius 1 is 1.56 bits per heavy atom. The van der Waals surface area contributed by atoms with Crippen LogP contribution in [0.4, 0.5) is 0 Å². The number of aliphatic carboxylic acids is 1. The summed E-state index contributed by atoms with van der Waals surface area (Å²) in [6, 6.07) is -1.16. The van der Waals surface area contributed by atoms with E-state index in [0.717, 1.165) is 0 Å². The van der Waals surface area contributed by atoms with Crippen LogP contribution in [0.5, 0.6) is 0 Å². The highest BCUT2D eigenvalue weighted by atomic mass is 16.4. The van der Waals surface area contributed by atoms with Gasteiger partial charge in [0.15, 0.2) is 0 Å². The van der Waals surface area contributed by atoms with Gasteiger partial charge in [0.05, 0.1) is 6.10 Å². The fraction of sp³-hybridized carbons (Fsp3) is 0.800. The summed E-state index contributed by atoms with van der Waals surface area (Å²) in [6.07, 6.45) is 0.151. The highest BCUT2D eigenvalue weighted by molar-refractivity contribution is 5.84. The van der Waals surface area contributed by atoms with Crippen molar-refractivity contribution in [3.8, 4) is 0 Å². The molecule has 0 aliphatic carbocycles. The van der Waals surface area contributed by atoms with Gasteiger partial charge in [-0.15, -0.1) is 0 Å². The monoisotopic (exact) mass is 230 g/mol. The molecule has 1 aliphatic heterocycles. The third-order valence-corrected chi connectivity index (χ3v) is 2.85. The smallest absolute Gasteiger partial charge is 0.326 e. The molecule has 0 aromatic rings. The summed E-state index contributed by atoms with van der Waals surface area (Å²) >= 11 is 0. The molecule has 0 aromatic carbocycles. The van der Waals surface area contributed by atoms with Gasteiger partial charge in [0.1, 0.15) is 6.04 Å². The zero-order valence-corrected chi connectivity index (χ0v) is 9.30. The van der Waals surface area contributed by atoms with Crippen LogP contribution in [0.1, 0.15) is 26.2 Å². The van der Waals surface area contributed by atoms with E-state index in [9.17, 15) is 14.7 Å². The average molecular weight is 230 g/mol. The molecule has 1 unspecified atom stereocenters. The second-order valence-corrected chi connectivity index (χ2v) is 4.16. The number of likely N-dealkylation sites (tertiary alicyclic amines) is 1. The number of carbonyl (C=O) groups excluding carboxylic acids is 1. The first-order valence-corrected chi connectivity index (χ1v) is 5.41. The zero-order valence-electron chi connectivity index (χ0n) is 9.30. The number of nitrogens with two attached hydrogens (primary N) is 1. The molecule has 1 heterocycles. The lowest BCUT2D eigenvalue weighted by atomic mass is 10.1. The van der Waals surface area contributed by atoms with Crippen molar-refractivity contribution in [3.63, 3.8) is 0 Å². The first kappa shape index (κ1) is 12.9. The molecule has 1 rings (SSSR count). The molecule has 1 fully saturated rings. The number of rotatable bonds is 4. The van der Waals surface area contributed by atoms with Crippen molar-refractivity contribution in [1.29, 1.82) is 0 Å². The molecule has 0 saturated carbocycles. The number of hydrogen-bond acceptors (Lipinski definition) is 4. The van der Waals surface area contributed by atoms with Crippen LogP contribution in [0.3, 0.4) is 0 Å². The highest BCUT2D eigenvalue weighted by Crippen LogP contribution is 2.19. The second kappa shape index (κ2) is 5.27. The number of aliphatic hydroxyl groups excluding tert-OH is 1. The molecule has 0 radical (unpaired) electrons. The normalized spacial score (nSPS) is 26.8. The van der Waals surface area contributed by atoms with Gasteiger partial charge in [0.25, 0.3) is 0 Å². The van der Waals surface area contributed by atoms with E-state index in [4.69, 9.17) is 10.8 Å². The molecule has 4 N–H and O–H groups in total. The number of carbonyl (C=O) groups is 2. The van der Waals surface area contributed by atoms with E-state index in [-0.39, 0.29) is 31.3 Å². The minimum atomic E-state index is -1.07. The van der Waals surface area contributed by atoms with E-state index in [0.29, 0.717) is 6.42 Å². The van der Waals surface area contributed by atoms with Crippen LogP contribution in [0.2, 0.25) is 0 Å². The fourth-order valence-electron chi connectivity index (χ4n) is 1.81. The van der Waals surface area contributed by atoms with E-state index in [2.05, 4.69) is 0 Å². The standard InChI is InChI=1S/C10H18N2O4/c1-2-6(11)3-9(14)12-5-7(13)4-8(12)10(15)16/h6-8,13H,2-5,11H2,1H3,(H,15,16)/t6?,7-,8+/m1/s1. The maximum Gasteiger partial charge on any atom is 0.326 e. The Bertz CT molecular complexity index is 282. The van der Waals surface area contributed by atoms with Crippen molar-refractivity contribution < 1.29 is 19.8 Å². The molecule has 6 heteroatoms. The summed E-state index contributed by atoms with van der Waals surface area (Å²) < 4.78 is 0. The van der Waals surface area contributed by atoms with Crippen LogP contribution < -0.4 is 5.73 Å². The SMILES string of the molecule is CCC(N)CC(=O)N1C[C@H](O)C[C@H]1C(=O)O. The summed E-state index contributed by atoms with van der Waals surface area (Å²) in [5.41, 5.74) is 5.64. The van der Waals surface area contributed by atoms with Gasteiger partial charge in [-0.3, -0.25) is 4.79 Å². The van der Waals surface area contributed by atoms with E-state index >= 15 is 0 Å². The third kappa shape index (κ3) is 2.93. The molecule has 92 valence electrons. The lowest BCUT2D eigenvalue weighted by Gasteiger charge is -2.22. The maximum absolute atomic E-state index is 11.7. The first-order valence-electron chi connectivity index (χ1n) is 5.41. The van der Waals surface area contributed by atoms with Crippen LogP contribution in [0.15, 0.2) is 0 Å². The van der Waals surface area contributed by atoms with Crippen LogP contribution >= 0.6 is 0 Å². The zero-order chi connectivity index (χ0) is 12.3. The van der Waals surface area contributed by atoms with Gasteiger partial charge in [0, 0.05) is 25.4 Å². The molecule has 0 aromatic heterocycles. The first-order chi connectivity index (χ1) is 7.45. The van der Waals surface area contributed by atoms with Crippen molar-refractivity contribution in [2.75, 3.05) is 6.54 Å². The summed E-state index contributed by atoms with van der Waals surface area (Å²) in [6.45, 7) is 1.96. The van der Waals surface area contributed by atoms with Gasteiger partial charge >= 0.3 is 5.97 Å². The molecule has 3 atom stereocenters. The van der Waals surface area contributed by atoms with Gasteiger partial charge < -0.3 is 20.8 Å². The fourth-order valence-corrected chi connectivity index (χ4v) is 1.81. The molecule has 1 saturated heterocycles. The summed E-state index contributed by atoms with van der Waals surface area (Å²) in [7, 11) is 0. The van der Waals surface area contributed by atoms with Crippen LogP contribution in [-0.2, 0) is 9.59 Å². The van der Waals surface area contributed by atoms with Crippen molar-refractivity contribution in [2.45, 2.75) is 44.4 Å². The summed E-state index contributed by atoms with van der Waals surface area (Å²) in [5.74, 6) is -1.37. The Kier molecular flexibility index (Phi) is 4.26. The van der Waals surface area contributed by atoms with E-state index < -0.39 is 18.1 Å². The molecular formula is C10H18N2O4. The van der Waals surface area contributed by atoms with Crippen LogP contribution in [-0.4, -0.2) is 51.7 Å². The second-order valence-electron chi connectivity index (χ2n) is 4.16. The Morgan fingerprint density at radius 2 is 2.19 bits per heavy atom. The van der Waals surface area contributed by atoms with Crippen molar-refractivity contribution in [1.82, 2.24) is 4.90 Å². The van der Waals surface area contributed by atoms with E-state index in [1.165, 1.54) is 4.90 Å². The number of nitrogens with zero attached hydrogens (tertiary/aromatic N) is 1. The predicted octanol–water partition coefficient (Wildman–Crippen LogP) is -0.840. The summed E-state index contributed by atoms with van der Waals surface area (Å²) in [4.78, 5) is 23.8. The minimum Gasteiger partial charge on any atom is -0.480 e. The number of amides is 1. The number of carboxylic acid groups (broad SMARTS) is 1. The quantitative estimate of drug-likeness (QED) is 0.584. The summed E-state index contributed by atoms with van der Waals surface area (Å²) in [5, 5.41) is 18.3. The largest absolute Gasteiger partial charge is 0.480 e. The van der Waals surface area contributed by atoms with Crippen molar-refractivity contribution >= 4 is 11.9 Å². The molecule has 0 spiro atoms. The van der Waals surface area contributed by atoms with Crippen molar-refractivity contribution in [3.05, 3.63) is 0 Å².